The number of carboxylic acid groups (broad SMARTS) is 1. The minimum Gasteiger partial charge on any atom is -0.481 e. The lowest BCUT2D eigenvalue weighted by molar-refractivity contribution is -0.139. The van der Waals surface area contributed by atoms with Gasteiger partial charge in [-0.25, -0.2) is 0 Å². The molecule has 0 aromatic heterocycles. The third-order valence-electron chi connectivity index (χ3n) is 3.69. The van der Waals surface area contributed by atoms with Crippen LogP contribution in [-0.4, -0.2) is 22.5 Å². The van der Waals surface area contributed by atoms with E-state index >= 15 is 0 Å². The maximum Gasteiger partial charge on any atom is 0.305 e. The summed E-state index contributed by atoms with van der Waals surface area (Å²) in [6.45, 7) is 0. The van der Waals surface area contributed by atoms with Gasteiger partial charge in [0.2, 0.25) is 0 Å². The van der Waals surface area contributed by atoms with Crippen molar-refractivity contribution in [1.29, 1.82) is 0 Å². The van der Waals surface area contributed by atoms with Gasteiger partial charge in [0.25, 0.3) is 5.91 Å². The number of carbonyl (C=O) groups excluding carboxylic acids is 1. The fourth-order valence-corrected chi connectivity index (χ4v) is 2.99. The third kappa shape index (κ3) is 2.36. The van der Waals surface area contributed by atoms with Crippen LogP contribution >= 0.6 is 0 Å². The minimum absolute atomic E-state index is 0.0285. The number of fused-ring (bicyclic) bond motifs is 1. The maximum absolute atomic E-state index is 12.3. The molecule has 0 spiro atoms. The van der Waals surface area contributed by atoms with E-state index in [2.05, 4.69) is 14.0 Å². The van der Waals surface area contributed by atoms with E-state index in [4.69, 9.17) is 5.11 Å². The van der Waals surface area contributed by atoms with E-state index in [0.717, 1.165) is 23.5 Å². The summed E-state index contributed by atoms with van der Waals surface area (Å²) in [6, 6.07) is 5.12. The molecule has 2 aliphatic rings. The molecular weight excluding hydrogens is 278 g/mol. The summed E-state index contributed by atoms with van der Waals surface area (Å²) in [7, 11) is 0. The third-order valence-corrected chi connectivity index (χ3v) is 4.25. The van der Waals surface area contributed by atoms with Crippen LogP contribution in [0.25, 0.3) is 0 Å². The van der Waals surface area contributed by atoms with Gasteiger partial charge in [0, 0.05) is 5.56 Å². The highest BCUT2D eigenvalue weighted by Crippen LogP contribution is 2.36. The fraction of sp³-hybridized carbons (Fsp3) is 0.385. The summed E-state index contributed by atoms with van der Waals surface area (Å²) < 4.78 is 8.18. The van der Waals surface area contributed by atoms with E-state index < -0.39 is 11.5 Å². The predicted octanol–water partition coefficient (Wildman–Crippen LogP) is 2.54. The molecule has 1 aliphatic carbocycles. The molecule has 2 N–H and O–H groups in total. The van der Waals surface area contributed by atoms with Gasteiger partial charge in [0.1, 0.15) is 11.4 Å². The van der Waals surface area contributed by atoms with Gasteiger partial charge in [-0.2, -0.15) is 8.73 Å². The molecule has 20 heavy (non-hydrogen) atoms. The van der Waals surface area contributed by atoms with E-state index in [1.807, 2.05) is 0 Å². The maximum atomic E-state index is 12.3. The molecule has 1 aromatic rings. The van der Waals surface area contributed by atoms with Gasteiger partial charge in [-0.05, 0) is 37.5 Å². The Morgan fingerprint density at radius 3 is 2.70 bits per heavy atom. The largest absolute Gasteiger partial charge is 0.481 e. The Bertz CT molecular complexity index is 661. The number of rotatable bonds is 4. The Morgan fingerprint density at radius 1 is 1.30 bits per heavy atom. The lowest BCUT2D eigenvalue weighted by Crippen LogP contribution is -2.54. The lowest BCUT2D eigenvalue weighted by atomic mass is 9.74. The van der Waals surface area contributed by atoms with E-state index in [9.17, 15) is 9.59 Å². The van der Waals surface area contributed by atoms with Crippen molar-refractivity contribution in [1.82, 2.24) is 5.32 Å². The van der Waals surface area contributed by atoms with Crippen molar-refractivity contribution in [2.75, 3.05) is 0 Å². The number of amides is 1. The van der Waals surface area contributed by atoms with Crippen molar-refractivity contribution in [3.8, 4) is 0 Å². The molecule has 0 saturated heterocycles. The van der Waals surface area contributed by atoms with Gasteiger partial charge >= 0.3 is 5.97 Å². The molecule has 1 aromatic carbocycles. The highest BCUT2D eigenvalue weighted by molar-refractivity contribution is 7.58. The zero-order valence-electron chi connectivity index (χ0n) is 10.6. The zero-order valence-corrected chi connectivity index (χ0v) is 11.4. The molecule has 1 saturated carbocycles. The highest BCUT2D eigenvalue weighted by Gasteiger charge is 2.40. The smallest absolute Gasteiger partial charge is 0.305 e. The number of carbonyl (C=O) groups is 2. The molecule has 0 radical (unpaired) electrons. The molecule has 0 bridgehead atoms. The fourth-order valence-electron chi connectivity index (χ4n) is 2.48. The SMILES string of the molecule is O=C(O)CC1(NC(=O)c2ccc3c(c2)N=S=N3)CCC1. The quantitative estimate of drug-likeness (QED) is 0.906. The standard InChI is InChI=1S/C13H13N3O3S/c17-11(18)7-13(4-1-5-13)14-12(19)8-2-3-9-10(6-8)16-20-15-9/h2-3,6H,1,4-5,7H2,(H,14,19)(H,17,18). The average Bonchev–Trinajstić information content (AvgIpc) is 2.82. The summed E-state index contributed by atoms with van der Waals surface area (Å²) >= 11 is 1.10. The van der Waals surface area contributed by atoms with E-state index in [-0.39, 0.29) is 12.3 Å². The number of benzene rings is 1. The molecule has 1 fully saturated rings. The van der Waals surface area contributed by atoms with Crippen LogP contribution in [0.5, 0.6) is 0 Å². The molecule has 104 valence electrons. The number of hydrogen-bond donors (Lipinski definition) is 2. The second-order valence-corrected chi connectivity index (χ2v) is 5.65. The Kier molecular flexibility index (Phi) is 3.13. The highest BCUT2D eigenvalue weighted by atomic mass is 32.1. The first-order chi connectivity index (χ1) is 9.58. The summed E-state index contributed by atoms with van der Waals surface area (Å²) in [6.07, 6.45) is 2.35. The predicted molar refractivity (Wildman–Crippen MR) is 74.3 cm³/mol. The van der Waals surface area contributed by atoms with Crippen LogP contribution < -0.4 is 5.32 Å². The molecule has 1 amide bonds. The van der Waals surface area contributed by atoms with Crippen LogP contribution in [0.1, 0.15) is 36.0 Å². The van der Waals surface area contributed by atoms with Gasteiger partial charge in [0.15, 0.2) is 0 Å². The Labute approximate surface area is 119 Å². The van der Waals surface area contributed by atoms with Gasteiger partial charge in [-0.3, -0.25) is 9.59 Å². The van der Waals surface area contributed by atoms with E-state index in [1.165, 1.54) is 0 Å². The number of nitrogens with zero attached hydrogens (tertiary/aromatic N) is 2. The summed E-state index contributed by atoms with van der Waals surface area (Å²) in [4.78, 5) is 23.1. The number of aliphatic carboxylic acids is 1. The number of nitrogens with one attached hydrogen (secondary N) is 1. The Balaban J connectivity index is 1.76. The first-order valence-corrected chi connectivity index (χ1v) is 7.08. The van der Waals surface area contributed by atoms with Crippen LogP contribution in [0.4, 0.5) is 11.4 Å². The van der Waals surface area contributed by atoms with E-state index in [1.54, 1.807) is 18.2 Å². The zero-order chi connectivity index (χ0) is 14.2. The van der Waals surface area contributed by atoms with Crippen molar-refractivity contribution in [3.63, 3.8) is 0 Å². The molecule has 7 heteroatoms. The second-order valence-electron chi connectivity index (χ2n) is 5.13. The molecule has 0 unspecified atom stereocenters. The minimum atomic E-state index is -0.885. The summed E-state index contributed by atoms with van der Waals surface area (Å²) in [5, 5.41) is 11.8. The topological polar surface area (TPSA) is 91.1 Å². The monoisotopic (exact) mass is 291 g/mol. The van der Waals surface area contributed by atoms with Crippen molar-refractivity contribution in [2.45, 2.75) is 31.2 Å². The first kappa shape index (κ1) is 13.0. The van der Waals surface area contributed by atoms with Crippen LogP contribution in [0.15, 0.2) is 26.9 Å². The van der Waals surface area contributed by atoms with Gasteiger partial charge < -0.3 is 10.4 Å². The van der Waals surface area contributed by atoms with E-state index in [0.29, 0.717) is 24.1 Å². The van der Waals surface area contributed by atoms with Crippen molar-refractivity contribution in [3.05, 3.63) is 23.8 Å². The molecule has 1 heterocycles. The second kappa shape index (κ2) is 4.82. The van der Waals surface area contributed by atoms with Crippen LogP contribution in [0.2, 0.25) is 0 Å². The molecular formula is C13H13N3O3S. The molecule has 3 rings (SSSR count). The first-order valence-electron chi connectivity index (χ1n) is 6.35. The number of hydrogen-bond acceptors (Lipinski definition) is 4. The normalized spacial score (nSPS) is 17.8. The van der Waals surface area contributed by atoms with Crippen LogP contribution in [0, 0.1) is 0 Å². The molecule has 0 atom stereocenters. The molecule has 1 aliphatic heterocycles. The summed E-state index contributed by atoms with van der Waals surface area (Å²) in [5.74, 6) is -1.13. The molecule has 6 nitrogen and oxygen atoms in total. The summed E-state index contributed by atoms with van der Waals surface area (Å²) in [5.41, 5.74) is 1.35. The van der Waals surface area contributed by atoms with Gasteiger partial charge in [-0.15, -0.1) is 0 Å². The Hall–Kier alpha value is -2.02. The van der Waals surface area contributed by atoms with Crippen molar-refractivity contribution < 1.29 is 14.7 Å². The van der Waals surface area contributed by atoms with Crippen LogP contribution in [0.3, 0.4) is 0 Å². The Morgan fingerprint density at radius 2 is 2.05 bits per heavy atom. The number of carboxylic acids is 1. The van der Waals surface area contributed by atoms with Crippen molar-refractivity contribution >= 4 is 34.6 Å². The average molecular weight is 291 g/mol. The van der Waals surface area contributed by atoms with Gasteiger partial charge in [0.05, 0.1) is 23.3 Å². The van der Waals surface area contributed by atoms with Gasteiger partial charge in [-0.1, -0.05) is 0 Å². The van der Waals surface area contributed by atoms with Crippen LogP contribution in [-0.2, 0) is 16.1 Å². The lowest BCUT2D eigenvalue weighted by Gasteiger charge is -2.41. The van der Waals surface area contributed by atoms with Crippen molar-refractivity contribution in [2.24, 2.45) is 8.73 Å².